The maximum Gasteiger partial charge on any atom is 0.264 e. The highest BCUT2D eigenvalue weighted by atomic mass is 32.2. The van der Waals surface area contributed by atoms with Crippen molar-refractivity contribution < 1.29 is 17.6 Å². The molecule has 2 aromatic carbocycles. The number of para-hydroxylation sites is 1. The first-order chi connectivity index (χ1) is 16.0. The number of carbonyl (C=O) groups is 1. The van der Waals surface area contributed by atoms with E-state index in [-0.39, 0.29) is 17.2 Å². The molecule has 1 aromatic heterocycles. The number of hydrogen-bond donors (Lipinski definition) is 1. The zero-order valence-corrected chi connectivity index (χ0v) is 20.5. The van der Waals surface area contributed by atoms with Crippen molar-refractivity contribution in [1.29, 1.82) is 0 Å². The Bertz CT molecular complexity index is 1310. The molecule has 0 saturated carbocycles. The summed E-state index contributed by atoms with van der Waals surface area (Å²) in [5, 5.41) is 3.22. The lowest BCUT2D eigenvalue weighted by Crippen LogP contribution is -2.47. The van der Waals surface area contributed by atoms with Gasteiger partial charge in [-0.3, -0.25) is 9.52 Å². The van der Waals surface area contributed by atoms with E-state index >= 15 is 0 Å². The van der Waals surface area contributed by atoms with Gasteiger partial charge in [0, 0.05) is 30.8 Å². The number of alkyl halides is 1. The van der Waals surface area contributed by atoms with Gasteiger partial charge in [0.2, 0.25) is 0 Å². The molecule has 0 atom stereocenters. The zero-order chi connectivity index (χ0) is 24.6. The summed E-state index contributed by atoms with van der Waals surface area (Å²) >= 11 is 1.36. The number of nitroso groups, excluding NO2 is 1. The molecule has 34 heavy (non-hydrogen) atoms. The molecule has 1 aliphatic rings. The minimum Gasteiger partial charge on any atom is -0.338 e. The lowest BCUT2D eigenvalue weighted by molar-refractivity contribution is 0.0603. The highest BCUT2D eigenvalue weighted by Gasteiger charge is 2.42. The van der Waals surface area contributed by atoms with Crippen LogP contribution in [0.1, 0.15) is 43.5 Å². The summed E-state index contributed by atoms with van der Waals surface area (Å²) in [7, 11) is -3.87. The first kappa shape index (κ1) is 24.2. The van der Waals surface area contributed by atoms with Crippen molar-refractivity contribution in [2.75, 3.05) is 17.8 Å². The van der Waals surface area contributed by atoms with E-state index in [1.54, 1.807) is 34.7 Å². The third kappa shape index (κ3) is 5.10. The molecule has 2 heterocycles. The monoisotopic (exact) mass is 504 g/mol. The Morgan fingerprint density at radius 2 is 1.88 bits per heavy atom. The van der Waals surface area contributed by atoms with Crippen LogP contribution in [0.3, 0.4) is 0 Å². The first-order valence-electron chi connectivity index (χ1n) is 10.8. The van der Waals surface area contributed by atoms with E-state index in [9.17, 15) is 22.5 Å². The van der Waals surface area contributed by atoms with Crippen LogP contribution in [0.4, 0.5) is 10.1 Å². The molecule has 0 radical (unpaired) electrons. The fraction of sp³-hybridized carbons (Fsp3) is 0.391. The van der Waals surface area contributed by atoms with Crippen molar-refractivity contribution in [3.63, 3.8) is 0 Å². The number of sulfonamides is 1. The number of fused-ring (bicyclic) bond motifs is 1. The highest BCUT2D eigenvalue weighted by Crippen LogP contribution is 2.36. The number of anilines is 1. The number of aromatic nitrogens is 1. The Kier molecular flexibility index (Phi) is 6.43. The normalized spacial score (nSPS) is 16.4. The van der Waals surface area contributed by atoms with E-state index in [4.69, 9.17) is 0 Å². The van der Waals surface area contributed by atoms with Crippen molar-refractivity contribution in [3.8, 4) is 0 Å². The summed E-state index contributed by atoms with van der Waals surface area (Å²) < 4.78 is 43.2. The van der Waals surface area contributed by atoms with Crippen molar-refractivity contribution in [2.45, 2.75) is 49.2 Å². The molecule has 1 aliphatic heterocycles. The molecule has 0 unspecified atom stereocenters. The van der Waals surface area contributed by atoms with Crippen LogP contribution in [0.5, 0.6) is 0 Å². The van der Waals surface area contributed by atoms with Gasteiger partial charge >= 0.3 is 0 Å². The molecule has 1 amide bonds. The minimum absolute atomic E-state index is 0.0228. The van der Waals surface area contributed by atoms with E-state index in [0.717, 1.165) is 4.70 Å². The third-order valence-electron chi connectivity index (χ3n) is 5.92. The predicted octanol–water partition coefficient (Wildman–Crippen LogP) is 4.98. The summed E-state index contributed by atoms with van der Waals surface area (Å²) in [6.45, 7) is 3.44. The molecule has 0 spiro atoms. The first-order valence-corrected chi connectivity index (χ1v) is 13.2. The van der Waals surface area contributed by atoms with Crippen molar-refractivity contribution >= 4 is 43.2 Å². The second-order valence-corrected chi connectivity index (χ2v) is 11.7. The zero-order valence-electron chi connectivity index (χ0n) is 18.8. The number of halogens is 1. The van der Waals surface area contributed by atoms with Crippen LogP contribution in [0.2, 0.25) is 0 Å². The third-order valence-corrected chi connectivity index (χ3v) is 8.13. The largest absolute Gasteiger partial charge is 0.338 e. The lowest BCUT2D eigenvalue weighted by Gasteiger charge is -2.39. The van der Waals surface area contributed by atoms with Gasteiger partial charge in [0.05, 0.1) is 10.2 Å². The van der Waals surface area contributed by atoms with Gasteiger partial charge in [-0.15, -0.1) is 11.3 Å². The number of carbonyl (C=O) groups excluding carboxylic acids is 1. The van der Waals surface area contributed by atoms with Crippen molar-refractivity contribution in [3.05, 3.63) is 58.4 Å². The number of rotatable bonds is 7. The fourth-order valence-electron chi connectivity index (χ4n) is 4.36. The van der Waals surface area contributed by atoms with Gasteiger partial charge < -0.3 is 4.90 Å². The number of nitrogens with zero attached hydrogens (tertiary/aromatic N) is 3. The van der Waals surface area contributed by atoms with Crippen LogP contribution in [-0.2, 0) is 10.0 Å². The molecular formula is C23H25FN4O4S2. The molecular weight excluding hydrogens is 479 g/mol. The van der Waals surface area contributed by atoms with Gasteiger partial charge in [0.15, 0.2) is 0 Å². The van der Waals surface area contributed by atoms with Crippen LogP contribution in [0, 0.1) is 4.91 Å². The molecule has 8 nitrogen and oxygen atoms in total. The molecule has 1 fully saturated rings. The van der Waals surface area contributed by atoms with E-state index in [2.05, 4.69) is 14.9 Å². The van der Waals surface area contributed by atoms with Crippen LogP contribution in [0.15, 0.2) is 58.0 Å². The Labute approximate surface area is 201 Å². The van der Waals surface area contributed by atoms with Crippen LogP contribution >= 0.6 is 11.3 Å². The molecule has 0 bridgehead atoms. The van der Waals surface area contributed by atoms with E-state index in [1.165, 1.54) is 43.4 Å². The summed E-state index contributed by atoms with van der Waals surface area (Å²) in [4.78, 5) is 30.2. The van der Waals surface area contributed by atoms with E-state index < -0.39 is 21.2 Å². The number of likely N-dealkylation sites (tertiary alicyclic amines) is 1. The fourth-order valence-corrected chi connectivity index (χ4v) is 6.36. The van der Waals surface area contributed by atoms with Gasteiger partial charge in [-0.05, 0) is 63.1 Å². The summed E-state index contributed by atoms with van der Waals surface area (Å²) in [5.41, 5.74) is 0.192. The van der Waals surface area contributed by atoms with Gasteiger partial charge in [0.25, 0.3) is 15.9 Å². The molecule has 1 N–H and O–H groups in total. The van der Waals surface area contributed by atoms with E-state index in [0.29, 0.717) is 42.7 Å². The topological polar surface area (TPSA) is 109 Å². The number of hydrogen-bond acceptors (Lipinski definition) is 7. The van der Waals surface area contributed by atoms with Crippen LogP contribution in [0.25, 0.3) is 10.2 Å². The maximum atomic E-state index is 14.1. The molecule has 11 heteroatoms. The maximum absolute atomic E-state index is 14.1. The van der Waals surface area contributed by atoms with Crippen molar-refractivity contribution in [2.24, 2.45) is 5.18 Å². The number of thiazole rings is 1. The average Bonchev–Trinajstić information content (AvgIpc) is 3.27. The Hall–Kier alpha value is -2.92. The quantitative estimate of drug-likeness (QED) is 0.457. The summed E-state index contributed by atoms with van der Waals surface area (Å²) in [5.74, 6) is -0.236. The average molecular weight is 505 g/mol. The molecule has 3 aromatic rings. The molecule has 0 aliphatic carbocycles. The predicted molar refractivity (Wildman–Crippen MR) is 130 cm³/mol. The smallest absolute Gasteiger partial charge is 0.264 e. The minimum atomic E-state index is -3.87. The Morgan fingerprint density at radius 3 is 2.50 bits per heavy atom. The summed E-state index contributed by atoms with van der Waals surface area (Å²) in [6.07, 6.45) is 0.625. The second-order valence-electron chi connectivity index (χ2n) is 9.14. The SMILES string of the molecule is CC(C)(F)CC1(N=O)CCN(C(=O)c2ccc(NS(=O)(=O)c3cccc4scnc34)cc2)CC1. The number of nitrogens with one attached hydrogen (secondary N) is 1. The Morgan fingerprint density at radius 1 is 1.21 bits per heavy atom. The van der Waals surface area contributed by atoms with E-state index in [1.807, 2.05) is 0 Å². The summed E-state index contributed by atoms with van der Waals surface area (Å²) in [6, 6.07) is 11.1. The van der Waals surface area contributed by atoms with Crippen LogP contribution in [-0.4, -0.2) is 48.5 Å². The van der Waals surface area contributed by atoms with Gasteiger partial charge in [-0.2, -0.15) is 4.91 Å². The molecule has 4 rings (SSSR count). The lowest BCUT2D eigenvalue weighted by atomic mass is 9.80. The second kappa shape index (κ2) is 9.03. The highest BCUT2D eigenvalue weighted by molar-refractivity contribution is 7.93. The van der Waals surface area contributed by atoms with Crippen LogP contribution < -0.4 is 4.72 Å². The standard InChI is InChI=1S/C23H25FN4O4S2/c1-22(2,24)14-23(27-30)10-12-28(13-11-23)21(29)16-6-8-17(9-7-16)26-34(31,32)19-5-3-4-18-20(19)25-15-33-18/h3-9,15,26H,10-14H2,1-2H3. The molecule has 180 valence electrons. The van der Waals surface area contributed by atoms with Crippen molar-refractivity contribution in [1.82, 2.24) is 9.88 Å². The van der Waals surface area contributed by atoms with Gasteiger partial charge in [-0.1, -0.05) is 11.2 Å². The van der Waals surface area contributed by atoms with Gasteiger partial charge in [-0.25, -0.2) is 17.8 Å². The van der Waals surface area contributed by atoms with Gasteiger partial charge in [0.1, 0.15) is 21.6 Å². The molecule has 1 saturated heterocycles. The number of amides is 1. The number of piperidine rings is 1. The number of benzene rings is 2. The Balaban J connectivity index is 1.43.